The Balaban J connectivity index is 2.94. The molecule has 0 amide bonds. The van der Waals surface area contributed by atoms with Gasteiger partial charge in [-0.1, -0.05) is 6.07 Å². The Kier molecular flexibility index (Phi) is 2.09. The molecular formula is C8H4BrClN2O. The molecule has 0 aliphatic heterocycles. The van der Waals surface area contributed by atoms with Gasteiger partial charge in [0.25, 0.3) is 0 Å². The summed E-state index contributed by atoms with van der Waals surface area (Å²) >= 11 is 8.87. The van der Waals surface area contributed by atoms with Gasteiger partial charge in [-0.3, -0.25) is 0 Å². The molecule has 0 fully saturated rings. The molecule has 0 saturated carbocycles. The quantitative estimate of drug-likeness (QED) is 0.584. The van der Waals surface area contributed by atoms with Gasteiger partial charge in [-0.15, -0.1) is 0 Å². The van der Waals surface area contributed by atoms with Crippen LogP contribution in [0.15, 0.2) is 22.8 Å². The van der Waals surface area contributed by atoms with Crippen molar-refractivity contribution in [1.29, 1.82) is 0 Å². The normalized spacial score (nSPS) is 10.6. The van der Waals surface area contributed by atoms with Crippen molar-refractivity contribution in [2.24, 2.45) is 0 Å². The van der Waals surface area contributed by atoms with E-state index in [2.05, 4.69) is 25.9 Å². The van der Waals surface area contributed by atoms with Crippen LogP contribution in [0.4, 0.5) is 0 Å². The fourth-order valence-electron chi connectivity index (χ4n) is 1.07. The third kappa shape index (κ3) is 1.47. The molecule has 1 aromatic carbocycles. The zero-order valence-electron chi connectivity index (χ0n) is 6.33. The Morgan fingerprint density at radius 1 is 1.31 bits per heavy atom. The monoisotopic (exact) mass is 258 g/mol. The van der Waals surface area contributed by atoms with Crippen molar-refractivity contribution in [3.63, 3.8) is 0 Å². The van der Waals surface area contributed by atoms with Crippen LogP contribution in [0.3, 0.4) is 0 Å². The molecule has 5 heteroatoms. The number of halogens is 2. The van der Waals surface area contributed by atoms with E-state index in [0.717, 1.165) is 5.39 Å². The minimum Gasteiger partial charge on any atom is -0.506 e. The highest BCUT2D eigenvalue weighted by Crippen LogP contribution is 2.28. The summed E-state index contributed by atoms with van der Waals surface area (Å²) in [6.07, 6.45) is 0. The number of hydrogen-bond acceptors (Lipinski definition) is 3. The highest BCUT2D eigenvalue weighted by Gasteiger charge is 2.06. The lowest BCUT2D eigenvalue weighted by Gasteiger charge is -2.01. The minimum atomic E-state index is 0.0995. The van der Waals surface area contributed by atoms with Crippen LogP contribution in [0.25, 0.3) is 10.9 Å². The molecule has 0 bridgehead atoms. The van der Waals surface area contributed by atoms with E-state index in [1.165, 1.54) is 0 Å². The zero-order chi connectivity index (χ0) is 9.42. The predicted octanol–water partition coefficient (Wildman–Crippen LogP) is 2.75. The van der Waals surface area contributed by atoms with E-state index in [1.54, 1.807) is 18.2 Å². The van der Waals surface area contributed by atoms with Gasteiger partial charge < -0.3 is 5.11 Å². The van der Waals surface area contributed by atoms with Crippen molar-refractivity contribution in [1.82, 2.24) is 9.97 Å². The van der Waals surface area contributed by atoms with Gasteiger partial charge in [-0.05, 0) is 39.7 Å². The highest BCUT2D eigenvalue weighted by atomic mass is 79.9. The summed E-state index contributed by atoms with van der Waals surface area (Å²) in [7, 11) is 0. The van der Waals surface area contributed by atoms with E-state index in [9.17, 15) is 5.11 Å². The summed E-state index contributed by atoms with van der Waals surface area (Å²) in [6, 6.07) is 5.08. The zero-order valence-corrected chi connectivity index (χ0v) is 8.67. The summed E-state index contributed by atoms with van der Waals surface area (Å²) in [5, 5.41) is 10.3. The van der Waals surface area contributed by atoms with Crippen molar-refractivity contribution < 1.29 is 5.11 Å². The van der Waals surface area contributed by atoms with Gasteiger partial charge in [0.1, 0.15) is 15.9 Å². The topological polar surface area (TPSA) is 46.0 Å². The first-order valence-corrected chi connectivity index (χ1v) is 4.66. The first-order chi connectivity index (χ1) is 6.18. The van der Waals surface area contributed by atoms with Crippen molar-refractivity contribution in [2.45, 2.75) is 0 Å². The maximum atomic E-state index is 9.45. The first-order valence-electron chi connectivity index (χ1n) is 3.49. The summed E-state index contributed by atoms with van der Waals surface area (Å²) < 4.78 is 0.582. The lowest BCUT2D eigenvalue weighted by Crippen LogP contribution is -1.86. The van der Waals surface area contributed by atoms with Crippen molar-refractivity contribution >= 4 is 38.4 Å². The van der Waals surface area contributed by atoms with Gasteiger partial charge in [0.2, 0.25) is 5.28 Å². The molecule has 2 rings (SSSR count). The summed E-state index contributed by atoms with van der Waals surface area (Å²) in [5.41, 5.74) is 0.453. The van der Waals surface area contributed by atoms with E-state index in [-0.39, 0.29) is 11.0 Å². The van der Waals surface area contributed by atoms with Gasteiger partial charge in [-0.25, -0.2) is 9.97 Å². The molecule has 1 N–H and O–H groups in total. The number of rotatable bonds is 0. The second-order valence-corrected chi connectivity index (χ2v) is 3.55. The Labute approximate surface area is 87.5 Å². The lowest BCUT2D eigenvalue weighted by atomic mass is 10.2. The average Bonchev–Trinajstić information content (AvgIpc) is 2.07. The molecule has 0 atom stereocenters. The lowest BCUT2D eigenvalue weighted by molar-refractivity contribution is 0.480. The Hall–Kier alpha value is -0.870. The second kappa shape index (κ2) is 3.12. The molecule has 0 saturated heterocycles. The number of benzene rings is 1. The molecule has 1 aromatic heterocycles. The summed E-state index contributed by atoms with van der Waals surface area (Å²) in [5.74, 6) is 0.0995. The van der Waals surface area contributed by atoms with E-state index in [4.69, 9.17) is 11.6 Å². The van der Waals surface area contributed by atoms with Crippen LogP contribution in [-0.2, 0) is 0 Å². The van der Waals surface area contributed by atoms with Gasteiger partial charge >= 0.3 is 0 Å². The van der Waals surface area contributed by atoms with E-state index < -0.39 is 0 Å². The standard InChI is InChI=1S/C8H4BrClN2O/c9-7-4-2-1-3-5(13)6(4)11-8(10)12-7/h1-3,13H. The number of aromatic nitrogens is 2. The summed E-state index contributed by atoms with van der Waals surface area (Å²) in [4.78, 5) is 7.81. The molecule has 0 unspecified atom stereocenters. The van der Waals surface area contributed by atoms with E-state index >= 15 is 0 Å². The number of aromatic hydroxyl groups is 1. The number of hydrogen-bond donors (Lipinski definition) is 1. The van der Waals surface area contributed by atoms with Crippen LogP contribution < -0.4 is 0 Å². The number of para-hydroxylation sites is 1. The van der Waals surface area contributed by atoms with Gasteiger partial charge in [-0.2, -0.15) is 0 Å². The largest absolute Gasteiger partial charge is 0.506 e. The summed E-state index contributed by atoms with van der Waals surface area (Å²) in [6.45, 7) is 0. The third-order valence-corrected chi connectivity index (χ3v) is 2.40. The number of phenolic OH excluding ortho intramolecular Hbond substituents is 1. The minimum absolute atomic E-state index is 0.0995. The van der Waals surface area contributed by atoms with Crippen LogP contribution in [-0.4, -0.2) is 15.1 Å². The second-order valence-electron chi connectivity index (χ2n) is 2.46. The maximum Gasteiger partial charge on any atom is 0.224 e. The first kappa shape index (κ1) is 8.72. The van der Waals surface area contributed by atoms with Gasteiger partial charge in [0.15, 0.2) is 0 Å². The molecule has 0 aliphatic rings. The molecule has 3 nitrogen and oxygen atoms in total. The SMILES string of the molecule is Oc1cccc2c(Br)nc(Cl)nc12. The fraction of sp³-hybridized carbons (Fsp3) is 0. The molecule has 2 aromatic rings. The number of phenols is 1. The highest BCUT2D eigenvalue weighted by molar-refractivity contribution is 9.10. The Morgan fingerprint density at radius 2 is 2.08 bits per heavy atom. The molecule has 1 heterocycles. The molecule has 13 heavy (non-hydrogen) atoms. The molecule has 66 valence electrons. The van der Waals surface area contributed by atoms with Crippen molar-refractivity contribution in [3.05, 3.63) is 28.1 Å². The Morgan fingerprint density at radius 3 is 2.85 bits per heavy atom. The molecule has 0 aliphatic carbocycles. The van der Waals surface area contributed by atoms with Crippen LogP contribution in [0.1, 0.15) is 0 Å². The number of fused-ring (bicyclic) bond motifs is 1. The van der Waals surface area contributed by atoms with Crippen LogP contribution in [0.5, 0.6) is 5.75 Å². The molecular weight excluding hydrogens is 255 g/mol. The van der Waals surface area contributed by atoms with E-state index in [1.807, 2.05) is 0 Å². The van der Waals surface area contributed by atoms with Crippen LogP contribution in [0, 0.1) is 0 Å². The van der Waals surface area contributed by atoms with Crippen LogP contribution in [0.2, 0.25) is 5.28 Å². The predicted molar refractivity (Wildman–Crippen MR) is 53.9 cm³/mol. The smallest absolute Gasteiger partial charge is 0.224 e. The van der Waals surface area contributed by atoms with E-state index in [0.29, 0.717) is 10.1 Å². The van der Waals surface area contributed by atoms with Gasteiger partial charge in [0.05, 0.1) is 0 Å². The number of nitrogens with zero attached hydrogens (tertiary/aromatic N) is 2. The van der Waals surface area contributed by atoms with Crippen molar-refractivity contribution in [2.75, 3.05) is 0 Å². The van der Waals surface area contributed by atoms with Crippen molar-refractivity contribution in [3.8, 4) is 5.75 Å². The average molecular weight is 259 g/mol. The fourth-order valence-corrected chi connectivity index (χ4v) is 1.83. The van der Waals surface area contributed by atoms with Crippen LogP contribution >= 0.6 is 27.5 Å². The Bertz CT molecular complexity index is 475. The third-order valence-electron chi connectivity index (χ3n) is 1.63. The maximum absolute atomic E-state index is 9.45. The molecule has 0 spiro atoms. The van der Waals surface area contributed by atoms with Gasteiger partial charge in [0, 0.05) is 5.39 Å². The molecule has 0 radical (unpaired) electrons.